The van der Waals surface area contributed by atoms with Crippen LogP contribution in [0.15, 0.2) is 0 Å². The van der Waals surface area contributed by atoms with Gasteiger partial charge in [-0.3, -0.25) is 19.3 Å². The predicted molar refractivity (Wildman–Crippen MR) is 40.5 cm³/mol. The Morgan fingerprint density at radius 2 is 1.38 bits per heavy atom. The molecule has 0 saturated carbocycles. The van der Waals surface area contributed by atoms with Crippen LogP contribution < -0.4 is 0 Å². The normalized spacial score (nSPS) is 17.2. The maximum atomic E-state index is 10.7. The van der Waals surface area contributed by atoms with Crippen molar-refractivity contribution in [3.05, 3.63) is 0 Å². The molecule has 0 aromatic rings. The van der Waals surface area contributed by atoms with Crippen LogP contribution >= 0.6 is 0 Å². The third kappa shape index (κ3) is 4.12. The van der Waals surface area contributed by atoms with Crippen LogP contribution in [0.1, 0.15) is 12.8 Å². The van der Waals surface area contributed by atoms with Crippen LogP contribution in [0.3, 0.4) is 0 Å². The first-order chi connectivity index (χ1) is 6.97. The molecule has 1 aliphatic heterocycles. The Balaban J connectivity index is 0.000000281. The average Bonchev–Trinajstić information content (AvgIpc) is 2.34. The fraction of sp³-hybridized carbons (Fsp3) is 0.600. The lowest BCUT2D eigenvalue weighted by molar-refractivity contribution is -0.171. The Bertz CT molecular complexity index is 371. The zero-order valence-electron chi connectivity index (χ0n) is 7.43. The molecule has 2 N–H and O–H groups in total. The molecule has 0 aromatic carbocycles. The van der Waals surface area contributed by atoms with E-state index < -0.39 is 27.4 Å². The van der Waals surface area contributed by atoms with Gasteiger partial charge in [-0.25, -0.2) is 0 Å². The van der Waals surface area contributed by atoms with E-state index in [0.717, 1.165) is 0 Å². The van der Waals surface area contributed by atoms with Gasteiger partial charge in [0.2, 0.25) is 0 Å². The van der Waals surface area contributed by atoms with Gasteiger partial charge in [-0.2, -0.15) is 26.7 Å². The first kappa shape index (κ1) is 14.8. The average molecular weight is 265 g/mol. The number of amides is 2. The summed E-state index contributed by atoms with van der Waals surface area (Å²) >= 11 is 0. The molecular formula is C5H6F3NO6S. The second-order valence-corrected chi connectivity index (χ2v) is 3.93. The van der Waals surface area contributed by atoms with E-state index in [0.29, 0.717) is 0 Å². The van der Waals surface area contributed by atoms with E-state index in [9.17, 15) is 22.8 Å². The maximum Gasteiger partial charge on any atom is 0.522 e. The minimum atomic E-state index is -5.84. The van der Waals surface area contributed by atoms with E-state index in [4.69, 9.17) is 18.2 Å². The van der Waals surface area contributed by atoms with E-state index in [1.165, 1.54) is 0 Å². The van der Waals surface area contributed by atoms with Gasteiger partial charge in [-0.15, -0.1) is 0 Å². The monoisotopic (exact) mass is 265 g/mol. The fourth-order valence-electron chi connectivity index (χ4n) is 0.565. The van der Waals surface area contributed by atoms with Crippen molar-refractivity contribution in [2.45, 2.75) is 18.3 Å². The molecule has 0 radical (unpaired) electrons. The minimum absolute atomic E-state index is 0.148. The lowest BCUT2D eigenvalue weighted by Gasteiger charge is -1.98. The van der Waals surface area contributed by atoms with Gasteiger partial charge < -0.3 is 0 Å². The molecule has 0 spiro atoms. The molecule has 7 nitrogen and oxygen atoms in total. The van der Waals surface area contributed by atoms with Gasteiger partial charge in [0.15, 0.2) is 0 Å². The van der Waals surface area contributed by atoms with E-state index in [2.05, 4.69) is 0 Å². The number of rotatable bonds is 0. The summed E-state index contributed by atoms with van der Waals surface area (Å²) in [6, 6.07) is 0. The number of nitrogens with zero attached hydrogens (tertiary/aromatic N) is 1. The lowest BCUT2D eigenvalue weighted by Crippen LogP contribution is -2.24. The van der Waals surface area contributed by atoms with Gasteiger partial charge in [-0.05, 0) is 0 Å². The van der Waals surface area contributed by atoms with Crippen LogP contribution in [0, 0.1) is 0 Å². The SMILES string of the molecule is O=C1CCC(=O)N1O.O=S(=O)(O)C(F)(F)F. The second kappa shape index (κ2) is 4.76. The van der Waals surface area contributed by atoms with Gasteiger partial charge in [0.1, 0.15) is 0 Å². The van der Waals surface area contributed by atoms with Crippen LogP contribution in [0.2, 0.25) is 0 Å². The first-order valence-corrected chi connectivity index (χ1v) is 4.99. The largest absolute Gasteiger partial charge is 0.522 e. The van der Waals surface area contributed by atoms with Crippen LogP contribution in [0.5, 0.6) is 0 Å². The second-order valence-electron chi connectivity index (χ2n) is 2.52. The van der Waals surface area contributed by atoms with Gasteiger partial charge in [0.05, 0.1) is 0 Å². The molecular weight excluding hydrogens is 259 g/mol. The molecule has 1 fully saturated rings. The topological polar surface area (TPSA) is 112 Å². The molecule has 94 valence electrons. The van der Waals surface area contributed by atoms with Gasteiger partial charge in [0.25, 0.3) is 11.8 Å². The van der Waals surface area contributed by atoms with Crippen molar-refractivity contribution in [2.75, 3.05) is 0 Å². The van der Waals surface area contributed by atoms with E-state index in [1.807, 2.05) is 0 Å². The highest BCUT2D eigenvalue weighted by Gasteiger charge is 2.44. The molecule has 0 aliphatic carbocycles. The Morgan fingerprint density at radius 3 is 1.44 bits per heavy atom. The molecule has 1 heterocycles. The Hall–Kier alpha value is -1.20. The fourth-order valence-corrected chi connectivity index (χ4v) is 0.565. The van der Waals surface area contributed by atoms with E-state index >= 15 is 0 Å². The highest BCUT2D eigenvalue weighted by atomic mass is 32.2. The van der Waals surface area contributed by atoms with Crippen LogP contribution in [0.25, 0.3) is 0 Å². The molecule has 0 bridgehead atoms. The van der Waals surface area contributed by atoms with Crippen molar-refractivity contribution in [1.82, 2.24) is 5.06 Å². The Kier molecular flexibility index (Phi) is 4.40. The summed E-state index contributed by atoms with van der Waals surface area (Å²) in [5.41, 5.74) is -5.53. The number of alkyl halides is 3. The molecule has 1 aliphatic rings. The summed E-state index contributed by atoms with van der Waals surface area (Å²) in [4.78, 5) is 20.5. The molecule has 1 saturated heterocycles. The Labute approximate surface area is 87.2 Å². The van der Waals surface area contributed by atoms with Crippen molar-refractivity contribution in [3.8, 4) is 0 Å². The summed E-state index contributed by atoms with van der Waals surface area (Å²) in [5, 5.41) is 8.57. The molecule has 16 heavy (non-hydrogen) atoms. The number of carbonyl (C=O) groups excluding carboxylic acids is 2. The molecule has 0 atom stereocenters. The number of carbonyl (C=O) groups is 2. The van der Waals surface area contributed by atoms with Crippen molar-refractivity contribution in [1.29, 1.82) is 0 Å². The summed E-state index contributed by atoms with van der Waals surface area (Å²) in [5.74, 6) is -1.01. The highest BCUT2D eigenvalue weighted by molar-refractivity contribution is 7.86. The van der Waals surface area contributed by atoms with Crippen LogP contribution in [0.4, 0.5) is 13.2 Å². The quantitative estimate of drug-likeness (QED) is 0.274. The number of hydrogen-bond donors (Lipinski definition) is 2. The zero-order valence-corrected chi connectivity index (χ0v) is 8.25. The third-order valence-electron chi connectivity index (χ3n) is 1.32. The number of hydrogen-bond acceptors (Lipinski definition) is 5. The van der Waals surface area contributed by atoms with Crippen molar-refractivity contribution in [3.63, 3.8) is 0 Å². The Morgan fingerprint density at radius 1 is 1.12 bits per heavy atom. The molecule has 2 amide bonds. The molecule has 11 heteroatoms. The number of imide groups is 1. The third-order valence-corrected chi connectivity index (χ3v) is 1.90. The van der Waals surface area contributed by atoms with Crippen molar-refractivity contribution < 1.29 is 40.9 Å². The maximum absolute atomic E-state index is 10.7. The number of hydroxylamine groups is 2. The van der Waals surface area contributed by atoms with Gasteiger partial charge in [0, 0.05) is 12.8 Å². The van der Waals surface area contributed by atoms with Gasteiger partial charge >= 0.3 is 15.6 Å². The van der Waals surface area contributed by atoms with Gasteiger partial charge in [-0.1, -0.05) is 0 Å². The van der Waals surface area contributed by atoms with E-state index in [-0.39, 0.29) is 17.9 Å². The van der Waals surface area contributed by atoms with Crippen molar-refractivity contribution in [2.24, 2.45) is 0 Å². The molecule has 0 aromatic heterocycles. The summed E-state index contributed by atoms with van der Waals surface area (Å²) in [6.45, 7) is 0. The smallest absolute Gasteiger partial charge is 0.279 e. The first-order valence-electron chi connectivity index (χ1n) is 3.55. The van der Waals surface area contributed by atoms with Crippen molar-refractivity contribution >= 4 is 21.9 Å². The van der Waals surface area contributed by atoms with Crippen LogP contribution in [-0.2, 0) is 19.7 Å². The lowest BCUT2D eigenvalue weighted by atomic mass is 10.4. The summed E-state index contributed by atoms with van der Waals surface area (Å²) < 4.78 is 57.5. The zero-order chi connectivity index (χ0) is 13.1. The standard InChI is InChI=1S/C4H5NO3.CHF3O3S/c6-3-1-2-4(7)5(3)8;2-1(3,4)8(5,6)7/h8H,1-2H2;(H,5,6,7). The molecule has 1 rings (SSSR count). The number of halogens is 3. The summed E-state index contributed by atoms with van der Waals surface area (Å²) in [7, 11) is -5.84. The summed E-state index contributed by atoms with van der Waals surface area (Å²) in [6.07, 6.45) is 0.296. The minimum Gasteiger partial charge on any atom is -0.279 e. The predicted octanol–water partition coefficient (Wildman–Crippen LogP) is -0.0814. The van der Waals surface area contributed by atoms with E-state index in [1.54, 1.807) is 0 Å². The molecule has 0 unspecified atom stereocenters. The van der Waals surface area contributed by atoms with Crippen LogP contribution in [-0.4, -0.2) is 40.6 Å². The highest BCUT2D eigenvalue weighted by Crippen LogP contribution is 2.20.